The molecule has 7 heteroatoms. The summed E-state index contributed by atoms with van der Waals surface area (Å²) in [4.78, 5) is 23.7. The fourth-order valence-electron chi connectivity index (χ4n) is 2.06. The number of carbonyl (C=O) groups is 2. The summed E-state index contributed by atoms with van der Waals surface area (Å²) in [5.74, 6) is -5.54. The first-order valence-corrected chi connectivity index (χ1v) is 7.53. The number of unbranched alkanes of at least 4 members (excludes halogenated alkanes) is 1. The summed E-state index contributed by atoms with van der Waals surface area (Å²) in [5, 5.41) is 0. The highest BCUT2D eigenvalue weighted by atomic mass is 19.1. The molecule has 1 heterocycles. The topological polar surface area (TPSA) is 61.8 Å². The second kappa shape index (κ2) is 6.98. The first-order valence-electron chi connectivity index (χ1n) is 7.53. The predicted octanol–water partition coefficient (Wildman–Crippen LogP) is 3.36. The Morgan fingerprint density at radius 1 is 1.12 bits per heavy atom. The van der Waals surface area contributed by atoms with Crippen LogP contribution in [0.4, 0.5) is 8.78 Å². The van der Waals surface area contributed by atoms with Crippen LogP contribution in [0.5, 0.6) is 5.75 Å². The number of rotatable bonds is 5. The lowest BCUT2D eigenvalue weighted by molar-refractivity contribution is -0.222. The highest BCUT2D eigenvalue weighted by Crippen LogP contribution is 2.27. The normalized spacial score (nSPS) is 16.5. The molecule has 0 atom stereocenters. The van der Waals surface area contributed by atoms with Gasteiger partial charge in [-0.25, -0.2) is 18.4 Å². The van der Waals surface area contributed by atoms with Gasteiger partial charge in [0.05, 0.1) is 6.61 Å². The van der Waals surface area contributed by atoms with Crippen molar-refractivity contribution in [1.29, 1.82) is 0 Å². The van der Waals surface area contributed by atoms with E-state index in [2.05, 4.69) is 0 Å². The molecule has 1 fully saturated rings. The third-order valence-electron chi connectivity index (χ3n) is 3.19. The first kappa shape index (κ1) is 17.9. The zero-order valence-corrected chi connectivity index (χ0v) is 13.7. The molecule has 1 aromatic carbocycles. The molecule has 0 saturated carbocycles. The third-order valence-corrected chi connectivity index (χ3v) is 3.19. The minimum atomic E-state index is -1.38. The van der Waals surface area contributed by atoms with E-state index in [1.54, 1.807) is 0 Å². The van der Waals surface area contributed by atoms with Gasteiger partial charge in [-0.05, 0) is 30.2 Å². The van der Waals surface area contributed by atoms with Crippen LogP contribution in [0.2, 0.25) is 0 Å². The van der Waals surface area contributed by atoms with Crippen LogP contribution in [0.1, 0.15) is 39.2 Å². The van der Waals surface area contributed by atoms with E-state index < -0.39 is 40.7 Å². The summed E-state index contributed by atoms with van der Waals surface area (Å²) in [6, 6.07) is 1.94. The number of esters is 2. The molecule has 130 valence electrons. The lowest BCUT2D eigenvalue weighted by Gasteiger charge is -2.29. The Kier molecular flexibility index (Phi) is 5.21. The minimum Gasteiger partial charge on any atom is -0.488 e. The molecule has 0 aliphatic carbocycles. The van der Waals surface area contributed by atoms with Crippen LogP contribution in [-0.2, 0) is 19.1 Å². The van der Waals surface area contributed by atoms with Crippen LogP contribution in [-0.4, -0.2) is 24.3 Å². The maximum absolute atomic E-state index is 14.0. The van der Waals surface area contributed by atoms with Crippen LogP contribution >= 0.6 is 0 Å². The van der Waals surface area contributed by atoms with Gasteiger partial charge in [-0.3, -0.25) is 0 Å². The van der Waals surface area contributed by atoms with Gasteiger partial charge in [0.1, 0.15) is 5.57 Å². The molecule has 2 rings (SSSR count). The zero-order chi connectivity index (χ0) is 17.9. The molecule has 1 aliphatic rings. The van der Waals surface area contributed by atoms with Crippen molar-refractivity contribution in [3.05, 3.63) is 34.9 Å². The molecule has 24 heavy (non-hydrogen) atoms. The van der Waals surface area contributed by atoms with Crippen molar-refractivity contribution in [3.63, 3.8) is 0 Å². The van der Waals surface area contributed by atoms with Gasteiger partial charge in [0, 0.05) is 13.8 Å². The lowest BCUT2D eigenvalue weighted by atomic mass is 10.1. The number of ether oxygens (including phenoxy) is 3. The fourth-order valence-corrected chi connectivity index (χ4v) is 2.06. The van der Waals surface area contributed by atoms with Crippen molar-refractivity contribution in [1.82, 2.24) is 0 Å². The van der Waals surface area contributed by atoms with Gasteiger partial charge in [-0.2, -0.15) is 0 Å². The van der Waals surface area contributed by atoms with Crippen LogP contribution < -0.4 is 4.74 Å². The van der Waals surface area contributed by atoms with Gasteiger partial charge < -0.3 is 14.2 Å². The van der Waals surface area contributed by atoms with E-state index in [-0.39, 0.29) is 12.2 Å². The Bertz CT molecular complexity index is 649. The smallest absolute Gasteiger partial charge is 0.348 e. The number of hydrogen-bond acceptors (Lipinski definition) is 5. The molecule has 1 aromatic rings. The maximum Gasteiger partial charge on any atom is 0.348 e. The van der Waals surface area contributed by atoms with Gasteiger partial charge in [-0.15, -0.1) is 0 Å². The van der Waals surface area contributed by atoms with Crippen molar-refractivity contribution >= 4 is 18.0 Å². The van der Waals surface area contributed by atoms with Crippen molar-refractivity contribution in [3.8, 4) is 5.75 Å². The van der Waals surface area contributed by atoms with Gasteiger partial charge in [0.25, 0.3) is 5.79 Å². The Hall–Kier alpha value is -2.44. The number of hydrogen-bond donors (Lipinski definition) is 0. The van der Waals surface area contributed by atoms with E-state index in [1.807, 2.05) is 6.92 Å². The highest BCUT2D eigenvalue weighted by Gasteiger charge is 2.38. The van der Waals surface area contributed by atoms with E-state index in [9.17, 15) is 18.4 Å². The average molecular weight is 340 g/mol. The van der Waals surface area contributed by atoms with Crippen molar-refractivity contribution < 1.29 is 32.6 Å². The first-order chi connectivity index (χ1) is 11.2. The van der Waals surface area contributed by atoms with Gasteiger partial charge in [-0.1, -0.05) is 13.3 Å². The number of carbonyl (C=O) groups excluding carboxylic acids is 2. The monoisotopic (exact) mass is 340 g/mol. The number of benzene rings is 1. The second-order valence-corrected chi connectivity index (χ2v) is 5.75. The largest absolute Gasteiger partial charge is 0.488 e. The summed E-state index contributed by atoms with van der Waals surface area (Å²) in [5.41, 5.74) is -0.454. The summed E-state index contributed by atoms with van der Waals surface area (Å²) < 4.78 is 42.9. The molecule has 0 unspecified atom stereocenters. The van der Waals surface area contributed by atoms with Crippen LogP contribution in [0, 0.1) is 11.6 Å². The molecule has 5 nitrogen and oxygen atoms in total. The molecule has 0 aromatic heterocycles. The summed E-state index contributed by atoms with van der Waals surface area (Å²) in [6.45, 7) is 4.93. The van der Waals surface area contributed by atoms with Gasteiger partial charge in [0.2, 0.25) is 0 Å². The predicted molar refractivity (Wildman–Crippen MR) is 81.0 cm³/mol. The van der Waals surface area contributed by atoms with E-state index in [1.165, 1.54) is 13.8 Å². The third kappa shape index (κ3) is 4.10. The molecule has 0 spiro atoms. The summed E-state index contributed by atoms with van der Waals surface area (Å²) in [6.07, 6.45) is 2.51. The summed E-state index contributed by atoms with van der Waals surface area (Å²) >= 11 is 0. The number of halogens is 2. The van der Waals surface area contributed by atoms with Crippen LogP contribution in [0.25, 0.3) is 6.08 Å². The summed E-state index contributed by atoms with van der Waals surface area (Å²) in [7, 11) is 0. The van der Waals surface area contributed by atoms with Gasteiger partial charge in [0.15, 0.2) is 17.4 Å². The maximum atomic E-state index is 14.0. The fraction of sp³-hybridized carbons (Fsp3) is 0.412. The zero-order valence-electron chi connectivity index (χ0n) is 13.7. The molecule has 1 aliphatic heterocycles. The average Bonchev–Trinajstić information content (AvgIpc) is 2.45. The Labute approximate surface area is 138 Å². The Balaban J connectivity index is 2.27. The van der Waals surface area contributed by atoms with E-state index in [0.717, 1.165) is 24.6 Å². The Morgan fingerprint density at radius 2 is 1.67 bits per heavy atom. The molecule has 0 amide bonds. The minimum absolute atomic E-state index is 0.0172. The standard InChI is InChI=1S/C17H18F2O5/c1-4-5-6-22-14-12(18)8-10(9-13(14)19)7-11-15(20)23-17(2,3)24-16(11)21/h7-9H,4-6H2,1-3H3. The molecule has 1 saturated heterocycles. The SMILES string of the molecule is CCCCOc1c(F)cc(C=C2C(=O)OC(C)(C)OC2=O)cc1F. The van der Waals surface area contributed by atoms with Crippen molar-refractivity contribution in [2.45, 2.75) is 39.4 Å². The van der Waals surface area contributed by atoms with E-state index in [0.29, 0.717) is 6.42 Å². The van der Waals surface area contributed by atoms with E-state index in [4.69, 9.17) is 14.2 Å². The van der Waals surface area contributed by atoms with E-state index >= 15 is 0 Å². The molecule has 0 bridgehead atoms. The number of cyclic esters (lactones) is 2. The quantitative estimate of drug-likeness (QED) is 0.356. The molecular formula is C17H18F2O5. The van der Waals surface area contributed by atoms with Gasteiger partial charge >= 0.3 is 11.9 Å². The highest BCUT2D eigenvalue weighted by molar-refractivity contribution is 6.18. The molecule has 0 radical (unpaired) electrons. The van der Waals surface area contributed by atoms with Crippen LogP contribution in [0.15, 0.2) is 17.7 Å². The van der Waals surface area contributed by atoms with Crippen LogP contribution in [0.3, 0.4) is 0 Å². The van der Waals surface area contributed by atoms with Crippen molar-refractivity contribution in [2.24, 2.45) is 0 Å². The Morgan fingerprint density at radius 3 is 2.17 bits per heavy atom. The molecular weight excluding hydrogens is 322 g/mol. The lowest BCUT2D eigenvalue weighted by Crippen LogP contribution is -2.41. The van der Waals surface area contributed by atoms with Crippen molar-refractivity contribution in [2.75, 3.05) is 6.61 Å². The molecule has 0 N–H and O–H groups in total. The second-order valence-electron chi connectivity index (χ2n) is 5.75.